The molecule has 0 heterocycles. The average Bonchev–Trinajstić information content (AvgIpc) is 2.44. The Bertz CT molecular complexity index is 625. The first-order valence-electron chi connectivity index (χ1n) is 7.28. The highest BCUT2D eigenvalue weighted by molar-refractivity contribution is 6.32. The minimum absolute atomic E-state index is 0.211. The minimum Gasteiger partial charge on any atom is -0.456 e. The smallest absolute Gasteiger partial charge is 0.146 e. The fraction of sp³-hybridized carbons (Fsp3) is 0.333. The maximum atomic E-state index is 6.21. The van der Waals surface area contributed by atoms with E-state index in [0.717, 1.165) is 29.7 Å². The highest BCUT2D eigenvalue weighted by Gasteiger charge is 2.08. The minimum atomic E-state index is 0.211. The standard InChI is InChI=1S/C18H22ClNO/c1-4-15(20)11-14-6-8-17(13(3)10-14)21-18-7-5-12(2)9-16(18)19/h5-10,15H,4,11,20H2,1-3H3. The summed E-state index contributed by atoms with van der Waals surface area (Å²) in [4.78, 5) is 0. The summed E-state index contributed by atoms with van der Waals surface area (Å²) in [5, 5.41) is 0.631. The molecule has 1 atom stereocenters. The Labute approximate surface area is 131 Å². The summed E-state index contributed by atoms with van der Waals surface area (Å²) >= 11 is 6.21. The van der Waals surface area contributed by atoms with Crippen LogP contribution >= 0.6 is 11.6 Å². The lowest BCUT2D eigenvalue weighted by Crippen LogP contribution is -2.21. The molecule has 112 valence electrons. The van der Waals surface area contributed by atoms with Gasteiger partial charge in [-0.15, -0.1) is 0 Å². The Kier molecular flexibility index (Phi) is 5.27. The van der Waals surface area contributed by atoms with Gasteiger partial charge in [0.15, 0.2) is 0 Å². The van der Waals surface area contributed by atoms with Crippen molar-refractivity contribution >= 4 is 11.6 Å². The summed E-state index contributed by atoms with van der Waals surface area (Å²) in [7, 11) is 0. The van der Waals surface area contributed by atoms with Gasteiger partial charge in [0.05, 0.1) is 5.02 Å². The summed E-state index contributed by atoms with van der Waals surface area (Å²) in [6.07, 6.45) is 1.87. The molecule has 0 amide bonds. The molecule has 2 N–H and O–H groups in total. The Balaban J connectivity index is 2.17. The molecule has 0 aliphatic rings. The molecular formula is C18H22ClNO. The second kappa shape index (κ2) is 6.97. The van der Waals surface area contributed by atoms with Crippen molar-refractivity contribution in [2.24, 2.45) is 5.73 Å². The molecule has 0 bridgehead atoms. The lowest BCUT2D eigenvalue weighted by atomic mass is 10.0. The molecule has 2 aromatic rings. The lowest BCUT2D eigenvalue weighted by Gasteiger charge is -2.13. The van der Waals surface area contributed by atoms with Gasteiger partial charge in [-0.25, -0.2) is 0 Å². The second-order valence-electron chi connectivity index (χ2n) is 5.51. The number of halogens is 1. The van der Waals surface area contributed by atoms with Gasteiger partial charge < -0.3 is 10.5 Å². The molecule has 0 saturated carbocycles. The maximum Gasteiger partial charge on any atom is 0.146 e. The number of benzene rings is 2. The van der Waals surface area contributed by atoms with E-state index in [2.05, 4.69) is 19.1 Å². The number of aryl methyl sites for hydroxylation is 2. The molecule has 0 aromatic heterocycles. The van der Waals surface area contributed by atoms with E-state index >= 15 is 0 Å². The largest absolute Gasteiger partial charge is 0.456 e. The first-order chi connectivity index (χ1) is 9.99. The van der Waals surface area contributed by atoms with Gasteiger partial charge in [-0.2, -0.15) is 0 Å². The average molecular weight is 304 g/mol. The van der Waals surface area contributed by atoms with Gasteiger partial charge in [-0.3, -0.25) is 0 Å². The van der Waals surface area contributed by atoms with E-state index in [1.807, 2.05) is 38.1 Å². The Hall–Kier alpha value is -1.51. The molecule has 1 unspecified atom stereocenters. The first kappa shape index (κ1) is 15.9. The molecule has 0 saturated heterocycles. The van der Waals surface area contributed by atoms with Gasteiger partial charge in [0, 0.05) is 6.04 Å². The fourth-order valence-corrected chi connectivity index (χ4v) is 2.48. The van der Waals surface area contributed by atoms with Gasteiger partial charge in [0.2, 0.25) is 0 Å². The number of hydrogen-bond donors (Lipinski definition) is 1. The normalized spacial score (nSPS) is 12.2. The van der Waals surface area contributed by atoms with E-state index in [1.54, 1.807) is 0 Å². The maximum absolute atomic E-state index is 6.21. The monoisotopic (exact) mass is 303 g/mol. The SMILES string of the molecule is CCC(N)Cc1ccc(Oc2ccc(C)cc2Cl)c(C)c1. The van der Waals surface area contributed by atoms with Crippen LogP contribution in [0.5, 0.6) is 11.5 Å². The Morgan fingerprint density at radius 3 is 2.43 bits per heavy atom. The molecule has 0 aliphatic heterocycles. The van der Waals surface area contributed by atoms with Gasteiger partial charge in [0.1, 0.15) is 11.5 Å². The van der Waals surface area contributed by atoms with Crippen molar-refractivity contribution in [1.29, 1.82) is 0 Å². The molecule has 0 fully saturated rings. The zero-order valence-electron chi connectivity index (χ0n) is 12.8. The van der Waals surface area contributed by atoms with Crippen molar-refractivity contribution in [3.63, 3.8) is 0 Å². The van der Waals surface area contributed by atoms with Crippen LogP contribution in [0.4, 0.5) is 0 Å². The van der Waals surface area contributed by atoms with Crippen molar-refractivity contribution in [3.05, 3.63) is 58.1 Å². The highest BCUT2D eigenvalue weighted by atomic mass is 35.5. The topological polar surface area (TPSA) is 35.2 Å². The van der Waals surface area contributed by atoms with Gasteiger partial charge in [-0.05, 0) is 61.6 Å². The van der Waals surface area contributed by atoms with Crippen molar-refractivity contribution < 1.29 is 4.74 Å². The fourth-order valence-electron chi connectivity index (χ4n) is 2.21. The van der Waals surface area contributed by atoms with Crippen molar-refractivity contribution in [2.75, 3.05) is 0 Å². The number of rotatable bonds is 5. The number of nitrogens with two attached hydrogens (primary N) is 1. The molecule has 0 spiro atoms. The predicted molar refractivity (Wildman–Crippen MR) is 89.4 cm³/mol. The molecule has 3 heteroatoms. The van der Waals surface area contributed by atoms with Crippen molar-refractivity contribution in [1.82, 2.24) is 0 Å². The van der Waals surface area contributed by atoms with Crippen LogP contribution in [0.3, 0.4) is 0 Å². The van der Waals surface area contributed by atoms with Crippen molar-refractivity contribution in [3.8, 4) is 11.5 Å². The second-order valence-corrected chi connectivity index (χ2v) is 5.92. The van der Waals surface area contributed by atoms with Crippen LogP contribution in [-0.2, 0) is 6.42 Å². The Morgan fingerprint density at radius 1 is 1.10 bits per heavy atom. The zero-order chi connectivity index (χ0) is 15.4. The third kappa shape index (κ3) is 4.23. The predicted octanol–water partition coefficient (Wildman–Crippen LogP) is 5.03. The molecule has 2 aromatic carbocycles. The van der Waals surface area contributed by atoms with E-state index in [0.29, 0.717) is 10.8 Å². The van der Waals surface area contributed by atoms with Crippen LogP contribution in [-0.4, -0.2) is 6.04 Å². The van der Waals surface area contributed by atoms with E-state index in [9.17, 15) is 0 Å². The van der Waals surface area contributed by atoms with Crippen LogP contribution in [0.25, 0.3) is 0 Å². The molecule has 2 nitrogen and oxygen atoms in total. The summed E-state index contributed by atoms with van der Waals surface area (Å²) < 4.78 is 5.92. The molecule has 2 rings (SSSR count). The summed E-state index contributed by atoms with van der Waals surface area (Å²) in [6, 6.07) is 12.2. The zero-order valence-corrected chi connectivity index (χ0v) is 13.6. The van der Waals surface area contributed by atoms with E-state index in [-0.39, 0.29) is 6.04 Å². The van der Waals surface area contributed by atoms with Crippen LogP contribution in [0, 0.1) is 13.8 Å². The van der Waals surface area contributed by atoms with Gasteiger partial charge >= 0.3 is 0 Å². The molecule has 21 heavy (non-hydrogen) atoms. The molecular weight excluding hydrogens is 282 g/mol. The molecule has 0 radical (unpaired) electrons. The van der Waals surface area contributed by atoms with E-state index in [1.165, 1.54) is 5.56 Å². The van der Waals surface area contributed by atoms with Crippen LogP contribution in [0.2, 0.25) is 5.02 Å². The third-order valence-corrected chi connectivity index (χ3v) is 3.86. The van der Waals surface area contributed by atoms with E-state index < -0.39 is 0 Å². The third-order valence-electron chi connectivity index (χ3n) is 3.57. The van der Waals surface area contributed by atoms with Crippen molar-refractivity contribution in [2.45, 2.75) is 39.7 Å². The highest BCUT2D eigenvalue weighted by Crippen LogP contribution is 2.32. The van der Waals surface area contributed by atoms with Gasteiger partial charge in [0.25, 0.3) is 0 Å². The summed E-state index contributed by atoms with van der Waals surface area (Å²) in [6.45, 7) is 6.15. The van der Waals surface area contributed by atoms with Crippen LogP contribution in [0.15, 0.2) is 36.4 Å². The lowest BCUT2D eigenvalue weighted by molar-refractivity contribution is 0.478. The quantitative estimate of drug-likeness (QED) is 0.841. The number of hydrogen-bond acceptors (Lipinski definition) is 2. The number of ether oxygens (including phenoxy) is 1. The van der Waals surface area contributed by atoms with Crippen LogP contribution < -0.4 is 10.5 Å². The summed E-state index contributed by atoms with van der Waals surface area (Å²) in [5.74, 6) is 1.51. The van der Waals surface area contributed by atoms with Gasteiger partial charge in [-0.1, -0.05) is 36.7 Å². The summed E-state index contributed by atoms with van der Waals surface area (Å²) in [5.41, 5.74) is 9.45. The Morgan fingerprint density at radius 2 is 1.81 bits per heavy atom. The first-order valence-corrected chi connectivity index (χ1v) is 7.66. The molecule has 0 aliphatic carbocycles. The van der Waals surface area contributed by atoms with Crippen LogP contribution in [0.1, 0.15) is 30.0 Å². The van der Waals surface area contributed by atoms with E-state index in [4.69, 9.17) is 22.1 Å².